The number of aliphatic carboxylic acids is 1. The molecule has 1 aromatic heterocycles. The van der Waals surface area contributed by atoms with E-state index in [1.807, 2.05) is 0 Å². The first-order valence-corrected chi connectivity index (χ1v) is 9.75. The van der Waals surface area contributed by atoms with Crippen LogP contribution in [0.2, 0.25) is 0 Å². The molecule has 0 saturated carbocycles. The van der Waals surface area contributed by atoms with Crippen LogP contribution < -0.4 is 10.0 Å². The molecule has 0 atom stereocenters. The van der Waals surface area contributed by atoms with E-state index in [0.717, 1.165) is 37.0 Å². The van der Waals surface area contributed by atoms with Crippen LogP contribution in [0.3, 0.4) is 0 Å². The second-order valence-electron chi connectivity index (χ2n) is 5.02. The second-order valence-corrected chi connectivity index (χ2v) is 7.82. The molecular formula is C14H22N2O5S2. The zero-order valence-electron chi connectivity index (χ0n) is 13.0. The lowest BCUT2D eigenvalue weighted by atomic mass is 10.1. The number of rotatable bonds is 11. The van der Waals surface area contributed by atoms with E-state index in [-0.39, 0.29) is 17.2 Å². The van der Waals surface area contributed by atoms with E-state index in [1.54, 1.807) is 0 Å². The van der Waals surface area contributed by atoms with Crippen LogP contribution in [0.1, 0.15) is 48.2 Å². The van der Waals surface area contributed by atoms with E-state index >= 15 is 0 Å². The summed E-state index contributed by atoms with van der Waals surface area (Å²) in [6.07, 6.45) is 4.42. The predicted octanol–water partition coefficient (Wildman–Crippen LogP) is 1.81. The minimum atomic E-state index is -3.52. The Morgan fingerprint density at radius 2 is 1.83 bits per heavy atom. The molecule has 1 heterocycles. The number of unbranched alkanes of at least 4 members (excludes halogenated alkanes) is 4. The van der Waals surface area contributed by atoms with Crippen molar-refractivity contribution in [3.05, 3.63) is 16.3 Å². The Morgan fingerprint density at radius 1 is 1.17 bits per heavy atom. The van der Waals surface area contributed by atoms with Crippen molar-refractivity contribution in [2.24, 2.45) is 0 Å². The van der Waals surface area contributed by atoms with Crippen LogP contribution in [0.5, 0.6) is 0 Å². The van der Waals surface area contributed by atoms with Gasteiger partial charge in [0.15, 0.2) is 0 Å². The highest BCUT2D eigenvalue weighted by Gasteiger charge is 2.16. The predicted molar refractivity (Wildman–Crippen MR) is 88.2 cm³/mol. The Hall–Kier alpha value is -1.45. The van der Waals surface area contributed by atoms with Gasteiger partial charge in [-0.2, -0.15) is 0 Å². The summed E-state index contributed by atoms with van der Waals surface area (Å²) >= 11 is 1.09. The second kappa shape index (κ2) is 9.64. The topological polar surface area (TPSA) is 113 Å². The molecule has 0 spiro atoms. The van der Waals surface area contributed by atoms with E-state index in [4.69, 9.17) is 5.11 Å². The largest absolute Gasteiger partial charge is 0.481 e. The van der Waals surface area contributed by atoms with Gasteiger partial charge in [0.2, 0.25) is 10.0 Å². The Kier molecular flexibility index (Phi) is 8.21. The lowest BCUT2D eigenvalue weighted by Gasteiger charge is -2.03. The molecule has 0 saturated heterocycles. The number of hydrogen-bond donors (Lipinski definition) is 3. The zero-order chi connectivity index (χ0) is 17.3. The number of carboxylic acid groups (broad SMARTS) is 1. The van der Waals surface area contributed by atoms with Crippen LogP contribution in [0.4, 0.5) is 0 Å². The van der Waals surface area contributed by atoms with E-state index in [0.29, 0.717) is 17.8 Å². The number of carbonyl (C=O) groups excluding carboxylic acids is 1. The molecular weight excluding hydrogens is 340 g/mol. The highest BCUT2D eigenvalue weighted by molar-refractivity contribution is 7.89. The van der Waals surface area contributed by atoms with Gasteiger partial charge in [-0.1, -0.05) is 19.3 Å². The molecule has 0 radical (unpaired) electrons. The average molecular weight is 362 g/mol. The van der Waals surface area contributed by atoms with Crippen molar-refractivity contribution < 1.29 is 23.1 Å². The first-order valence-electron chi connectivity index (χ1n) is 7.39. The molecule has 0 fully saturated rings. The van der Waals surface area contributed by atoms with Gasteiger partial charge in [-0.25, -0.2) is 13.1 Å². The molecule has 1 rings (SSSR count). The van der Waals surface area contributed by atoms with Gasteiger partial charge in [0, 0.05) is 18.3 Å². The number of amides is 1. The van der Waals surface area contributed by atoms with Crippen LogP contribution in [0, 0.1) is 0 Å². The standard InChI is InChI=1S/C14H22N2O5S2/c1-15-23(20,21)11-9-12(22-10-11)14(19)16-8-6-4-2-3-5-7-13(17)18/h9-10,15H,2-8H2,1H3,(H,16,19)(H,17,18). The van der Waals surface area contributed by atoms with Crippen LogP contribution in [-0.4, -0.2) is 39.0 Å². The number of carboxylic acids is 1. The minimum absolute atomic E-state index is 0.0913. The molecule has 0 aliphatic carbocycles. The highest BCUT2D eigenvalue weighted by atomic mass is 32.2. The van der Waals surface area contributed by atoms with Gasteiger partial charge in [0.1, 0.15) is 0 Å². The summed E-state index contributed by atoms with van der Waals surface area (Å²) < 4.78 is 25.4. The van der Waals surface area contributed by atoms with Gasteiger partial charge < -0.3 is 10.4 Å². The lowest BCUT2D eigenvalue weighted by Crippen LogP contribution is -2.23. The summed E-state index contributed by atoms with van der Waals surface area (Å²) in [5.74, 6) is -1.05. The van der Waals surface area contributed by atoms with Crippen molar-refractivity contribution in [2.75, 3.05) is 13.6 Å². The number of thiophene rings is 1. The molecule has 130 valence electrons. The molecule has 0 aliphatic heterocycles. The molecule has 23 heavy (non-hydrogen) atoms. The van der Waals surface area contributed by atoms with E-state index in [9.17, 15) is 18.0 Å². The van der Waals surface area contributed by atoms with Crippen LogP contribution >= 0.6 is 11.3 Å². The van der Waals surface area contributed by atoms with Gasteiger partial charge in [-0.05, 0) is 26.0 Å². The molecule has 1 amide bonds. The van der Waals surface area contributed by atoms with Crippen molar-refractivity contribution in [3.8, 4) is 0 Å². The van der Waals surface area contributed by atoms with E-state index in [2.05, 4.69) is 10.0 Å². The first-order chi connectivity index (χ1) is 10.9. The summed E-state index contributed by atoms with van der Waals surface area (Å²) in [6, 6.07) is 1.36. The van der Waals surface area contributed by atoms with E-state index in [1.165, 1.54) is 18.5 Å². The molecule has 0 bridgehead atoms. The van der Waals surface area contributed by atoms with Crippen LogP contribution in [0.25, 0.3) is 0 Å². The highest BCUT2D eigenvalue weighted by Crippen LogP contribution is 2.18. The maximum absolute atomic E-state index is 11.9. The maximum atomic E-state index is 11.9. The lowest BCUT2D eigenvalue weighted by molar-refractivity contribution is -0.137. The molecule has 0 aliphatic rings. The number of carbonyl (C=O) groups is 2. The molecule has 9 heteroatoms. The number of hydrogen-bond acceptors (Lipinski definition) is 5. The fourth-order valence-corrected chi connectivity index (χ4v) is 3.84. The third-order valence-corrected chi connectivity index (χ3v) is 5.70. The van der Waals surface area contributed by atoms with Crippen molar-refractivity contribution >= 4 is 33.2 Å². The first kappa shape index (κ1) is 19.6. The third kappa shape index (κ3) is 7.10. The van der Waals surface area contributed by atoms with Crippen molar-refractivity contribution in [2.45, 2.75) is 43.4 Å². The fraction of sp³-hybridized carbons (Fsp3) is 0.571. The summed E-state index contributed by atoms with van der Waals surface area (Å²) in [5.41, 5.74) is 0. The summed E-state index contributed by atoms with van der Waals surface area (Å²) in [6.45, 7) is 0.518. The fourth-order valence-electron chi connectivity index (χ4n) is 1.92. The third-order valence-electron chi connectivity index (χ3n) is 3.23. The van der Waals surface area contributed by atoms with Crippen molar-refractivity contribution in [1.82, 2.24) is 10.0 Å². The number of sulfonamides is 1. The summed E-state index contributed by atoms with van der Waals surface area (Å²) in [5, 5.41) is 12.7. The Labute approximate surface area is 140 Å². The van der Waals surface area contributed by atoms with Gasteiger partial charge >= 0.3 is 5.97 Å². The molecule has 7 nitrogen and oxygen atoms in total. The zero-order valence-corrected chi connectivity index (χ0v) is 14.6. The molecule has 0 aromatic carbocycles. The molecule has 3 N–H and O–H groups in total. The average Bonchev–Trinajstić information content (AvgIpc) is 3.00. The van der Waals surface area contributed by atoms with Gasteiger partial charge in [0.25, 0.3) is 5.91 Å². The van der Waals surface area contributed by atoms with Crippen molar-refractivity contribution in [3.63, 3.8) is 0 Å². The monoisotopic (exact) mass is 362 g/mol. The maximum Gasteiger partial charge on any atom is 0.303 e. The molecule has 0 unspecified atom stereocenters. The Bertz CT molecular complexity index is 625. The summed E-state index contributed by atoms with van der Waals surface area (Å²) in [7, 11) is -2.19. The van der Waals surface area contributed by atoms with Gasteiger partial charge in [0.05, 0.1) is 9.77 Å². The summed E-state index contributed by atoms with van der Waals surface area (Å²) in [4.78, 5) is 22.7. The normalized spacial score (nSPS) is 11.3. The Balaban J connectivity index is 2.23. The van der Waals surface area contributed by atoms with Crippen molar-refractivity contribution in [1.29, 1.82) is 0 Å². The molecule has 1 aromatic rings. The van der Waals surface area contributed by atoms with Gasteiger partial charge in [-0.3, -0.25) is 9.59 Å². The van der Waals surface area contributed by atoms with Crippen LogP contribution in [0.15, 0.2) is 16.3 Å². The van der Waals surface area contributed by atoms with Gasteiger partial charge in [-0.15, -0.1) is 11.3 Å². The van der Waals surface area contributed by atoms with E-state index < -0.39 is 16.0 Å². The quantitative estimate of drug-likeness (QED) is 0.520. The minimum Gasteiger partial charge on any atom is -0.481 e. The number of nitrogens with one attached hydrogen (secondary N) is 2. The SMILES string of the molecule is CNS(=O)(=O)c1csc(C(=O)NCCCCCCCC(=O)O)c1. The van der Waals surface area contributed by atoms with Crippen LogP contribution in [-0.2, 0) is 14.8 Å². The smallest absolute Gasteiger partial charge is 0.303 e. The Morgan fingerprint density at radius 3 is 2.48 bits per heavy atom.